The van der Waals surface area contributed by atoms with Crippen molar-refractivity contribution in [2.24, 2.45) is 12.1 Å². The lowest BCUT2D eigenvalue weighted by Crippen LogP contribution is -2.28. The summed E-state index contributed by atoms with van der Waals surface area (Å²) in [5, 5.41) is 9.66. The van der Waals surface area contributed by atoms with Crippen molar-refractivity contribution in [1.29, 1.82) is 0 Å². The molecule has 0 saturated heterocycles. The zero-order valence-corrected chi connectivity index (χ0v) is 18.0. The summed E-state index contributed by atoms with van der Waals surface area (Å²) < 4.78 is 1.92. The first-order chi connectivity index (χ1) is 15.2. The fourth-order valence-electron chi connectivity index (χ4n) is 3.90. The molecule has 0 bridgehead atoms. The lowest BCUT2D eigenvalue weighted by molar-refractivity contribution is -0.130. The van der Waals surface area contributed by atoms with E-state index in [0.717, 1.165) is 22.0 Å². The molecule has 0 unspecified atom stereocenters. The van der Waals surface area contributed by atoms with Gasteiger partial charge in [0.2, 0.25) is 0 Å². The maximum atomic E-state index is 13.2. The lowest BCUT2D eigenvalue weighted by atomic mass is 9.97. The Morgan fingerprint density at radius 3 is 2.58 bits per heavy atom. The second kappa shape index (κ2) is 8.40. The average molecular weight is 427 g/mol. The summed E-state index contributed by atoms with van der Waals surface area (Å²) in [7, 11) is 1.93. The molecule has 6 heteroatoms. The van der Waals surface area contributed by atoms with Gasteiger partial charge >= 0.3 is 0 Å². The monoisotopic (exact) mass is 426 g/mol. The number of benzene rings is 3. The van der Waals surface area contributed by atoms with Crippen LogP contribution in [0.3, 0.4) is 0 Å². The van der Waals surface area contributed by atoms with Gasteiger partial charge in [-0.3, -0.25) is 4.79 Å². The number of aryl methyl sites for hydroxylation is 1. The van der Waals surface area contributed by atoms with Gasteiger partial charge in [0.1, 0.15) is 0 Å². The first-order valence-corrected chi connectivity index (χ1v) is 11.2. The molecule has 5 rings (SSSR count). The van der Waals surface area contributed by atoms with Gasteiger partial charge in [-0.2, -0.15) is 5.10 Å². The van der Waals surface area contributed by atoms with E-state index in [1.54, 1.807) is 11.2 Å². The normalized spacial score (nSPS) is 16.0. The third-order valence-electron chi connectivity index (χ3n) is 5.53. The van der Waals surface area contributed by atoms with Crippen molar-refractivity contribution in [3.8, 4) is 0 Å². The van der Waals surface area contributed by atoms with Crippen LogP contribution in [0.25, 0.3) is 10.8 Å². The first-order valence-electron chi connectivity index (χ1n) is 10.2. The number of hydrazone groups is 1. The molecule has 1 aliphatic rings. The molecule has 3 aromatic carbocycles. The minimum atomic E-state index is -0.0999. The summed E-state index contributed by atoms with van der Waals surface area (Å²) in [6, 6.07) is 24.7. The molecule has 0 spiro atoms. The molecular formula is C25H22N4OS. The number of hydrogen-bond acceptors (Lipinski definition) is 4. The molecule has 0 aliphatic carbocycles. The molecule has 0 radical (unpaired) electrons. The largest absolute Gasteiger partial charge is 0.329 e. The highest BCUT2D eigenvalue weighted by Gasteiger charge is 2.33. The highest BCUT2D eigenvalue weighted by molar-refractivity contribution is 7.99. The van der Waals surface area contributed by atoms with E-state index in [9.17, 15) is 4.79 Å². The van der Waals surface area contributed by atoms with Gasteiger partial charge in [-0.25, -0.2) is 9.99 Å². The summed E-state index contributed by atoms with van der Waals surface area (Å²) in [5.74, 6) is 0.278. The number of imidazole rings is 1. The van der Waals surface area contributed by atoms with Crippen LogP contribution in [-0.4, -0.2) is 31.9 Å². The SMILES string of the molecule is Cn1ccnc1SCC(=O)N1N=C(c2ccc3ccccc3c2)C[C@H]1c1ccccc1. The second-order valence-corrected chi connectivity index (χ2v) is 8.53. The average Bonchev–Trinajstić information content (AvgIpc) is 3.44. The van der Waals surface area contributed by atoms with Gasteiger partial charge in [-0.15, -0.1) is 0 Å². The predicted molar refractivity (Wildman–Crippen MR) is 125 cm³/mol. The van der Waals surface area contributed by atoms with E-state index in [1.165, 1.54) is 22.5 Å². The van der Waals surface area contributed by atoms with Gasteiger partial charge in [-0.05, 0) is 28.0 Å². The number of nitrogens with zero attached hydrogens (tertiary/aromatic N) is 4. The van der Waals surface area contributed by atoms with Gasteiger partial charge in [0.25, 0.3) is 5.91 Å². The summed E-state index contributed by atoms with van der Waals surface area (Å²) >= 11 is 1.44. The Hall–Kier alpha value is -3.38. The third-order valence-corrected chi connectivity index (χ3v) is 6.58. The van der Waals surface area contributed by atoms with Crippen LogP contribution in [0, 0.1) is 0 Å². The van der Waals surface area contributed by atoms with Crippen molar-refractivity contribution in [3.63, 3.8) is 0 Å². The highest BCUT2D eigenvalue weighted by Crippen LogP contribution is 2.34. The van der Waals surface area contributed by atoms with Crippen molar-refractivity contribution in [2.45, 2.75) is 17.6 Å². The third kappa shape index (κ3) is 3.99. The van der Waals surface area contributed by atoms with Gasteiger partial charge in [0.05, 0.1) is 17.5 Å². The second-order valence-electron chi connectivity index (χ2n) is 7.59. The number of carbonyl (C=O) groups excluding carboxylic acids is 1. The highest BCUT2D eigenvalue weighted by atomic mass is 32.2. The molecule has 1 aromatic heterocycles. The molecule has 0 N–H and O–H groups in total. The number of aromatic nitrogens is 2. The molecule has 4 aromatic rings. The quantitative estimate of drug-likeness (QED) is 0.420. The summed E-state index contributed by atoms with van der Waals surface area (Å²) in [5.41, 5.74) is 3.10. The van der Waals surface area contributed by atoms with Gasteiger partial charge in [0.15, 0.2) is 5.16 Å². The van der Waals surface area contributed by atoms with Crippen LogP contribution < -0.4 is 0 Å². The number of amides is 1. The van der Waals surface area contributed by atoms with Gasteiger partial charge in [0, 0.05) is 25.9 Å². The van der Waals surface area contributed by atoms with E-state index >= 15 is 0 Å². The van der Waals surface area contributed by atoms with E-state index in [2.05, 4.69) is 47.4 Å². The Balaban J connectivity index is 1.44. The smallest absolute Gasteiger partial charge is 0.253 e. The number of fused-ring (bicyclic) bond motifs is 1. The zero-order chi connectivity index (χ0) is 21.2. The topological polar surface area (TPSA) is 50.5 Å². The minimum absolute atomic E-state index is 0.0161. The number of rotatable bonds is 5. The first kappa shape index (κ1) is 19.6. The molecule has 0 fully saturated rings. The summed E-state index contributed by atoms with van der Waals surface area (Å²) in [6.07, 6.45) is 4.32. The van der Waals surface area contributed by atoms with Crippen molar-refractivity contribution in [1.82, 2.24) is 14.6 Å². The fourth-order valence-corrected chi connectivity index (χ4v) is 4.69. The Morgan fingerprint density at radius 1 is 1.03 bits per heavy atom. The molecule has 154 valence electrons. The van der Waals surface area contributed by atoms with Crippen LogP contribution in [0.2, 0.25) is 0 Å². The number of hydrogen-bond donors (Lipinski definition) is 0. The van der Waals surface area contributed by atoms with Crippen LogP contribution in [-0.2, 0) is 11.8 Å². The van der Waals surface area contributed by atoms with Crippen molar-refractivity contribution in [2.75, 3.05) is 5.75 Å². The van der Waals surface area contributed by atoms with E-state index in [1.807, 2.05) is 48.1 Å². The van der Waals surface area contributed by atoms with E-state index < -0.39 is 0 Å². The molecule has 2 heterocycles. The Kier molecular flexibility index (Phi) is 5.30. The van der Waals surface area contributed by atoms with E-state index in [4.69, 9.17) is 5.10 Å². The molecule has 0 saturated carbocycles. The molecule has 1 atom stereocenters. The molecule has 1 amide bonds. The van der Waals surface area contributed by atoms with Gasteiger partial charge < -0.3 is 4.57 Å². The van der Waals surface area contributed by atoms with Crippen LogP contribution >= 0.6 is 11.8 Å². The lowest BCUT2D eigenvalue weighted by Gasteiger charge is -2.21. The maximum absolute atomic E-state index is 13.2. The van der Waals surface area contributed by atoms with Crippen LogP contribution in [0.4, 0.5) is 0 Å². The van der Waals surface area contributed by atoms with Crippen molar-refractivity contribution in [3.05, 3.63) is 96.3 Å². The number of carbonyl (C=O) groups is 1. The fraction of sp³-hybridized carbons (Fsp3) is 0.160. The van der Waals surface area contributed by atoms with Crippen molar-refractivity contribution < 1.29 is 4.79 Å². The van der Waals surface area contributed by atoms with Crippen LogP contribution in [0.5, 0.6) is 0 Å². The molecular weight excluding hydrogens is 404 g/mol. The summed E-state index contributed by atoms with van der Waals surface area (Å²) in [6.45, 7) is 0. The molecule has 5 nitrogen and oxygen atoms in total. The van der Waals surface area contributed by atoms with Crippen LogP contribution in [0.15, 0.2) is 95.4 Å². The van der Waals surface area contributed by atoms with E-state index in [-0.39, 0.29) is 11.9 Å². The summed E-state index contributed by atoms with van der Waals surface area (Å²) in [4.78, 5) is 17.5. The van der Waals surface area contributed by atoms with Crippen LogP contribution in [0.1, 0.15) is 23.6 Å². The van der Waals surface area contributed by atoms with Crippen molar-refractivity contribution >= 4 is 34.2 Å². The zero-order valence-electron chi connectivity index (χ0n) is 17.2. The van der Waals surface area contributed by atoms with Gasteiger partial charge in [-0.1, -0.05) is 78.5 Å². The maximum Gasteiger partial charge on any atom is 0.253 e. The molecule has 31 heavy (non-hydrogen) atoms. The molecule has 1 aliphatic heterocycles. The Bertz CT molecular complexity index is 1260. The number of thioether (sulfide) groups is 1. The minimum Gasteiger partial charge on any atom is -0.329 e. The standard InChI is InChI=1S/C25H22N4OS/c1-28-14-13-26-25(28)31-17-24(30)29-23(19-8-3-2-4-9-19)16-22(27-29)21-12-11-18-7-5-6-10-20(18)15-21/h2-15,23H,16-17H2,1H3/t23-/m0/s1. The Morgan fingerprint density at radius 2 is 1.81 bits per heavy atom. The Labute approximate surface area is 185 Å². The predicted octanol–water partition coefficient (Wildman–Crippen LogP) is 5.04. The van der Waals surface area contributed by atoms with E-state index in [0.29, 0.717) is 12.2 Å².